The highest BCUT2D eigenvalue weighted by Gasteiger charge is 2.23. The van der Waals surface area contributed by atoms with Crippen LogP contribution in [0.4, 0.5) is 0 Å². The van der Waals surface area contributed by atoms with Gasteiger partial charge in [-0.05, 0) is 18.8 Å². The topological polar surface area (TPSA) is 82.2 Å². The number of amides is 1. The molecule has 0 aliphatic heterocycles. The predicted molar refractivity (Wildman–Crippen MR) is 78.9 cm³/mol. The molecule has 0 radical (unpaired) electrons. The first-order valence-corrected chi connectivity index (χ1v) is 7.19. The maximum Gasteiger partial charge on any atom is 0.273 e. The van der Waals surface area contributed by atoms with Crippen molar-refractivity contribution in [3.8, 4) is 0 Å². The zero-order valence-electron chi connectivity index (χ0n) is 12.6. The van der Waals surface area contributed by atoms with E-state index in [0.717, 1.165) is 30.7 Å². The van der Waals surface area contributed by atoms with Gasteiger partial charge in [-0.2, -0.15) is 5.10 Å². The number of carbonyl (C=O) groups is 1. The average Bonchev–Trinajstić information content (AvgIpc) is 2.44. The van der Waals surface area contributed by atoms with Crippen LogP contribution in [0.15, 0.2) is 17.0 Å². The molecule has 1 fully saturated rings. The van der Waals surface area contributed by atoms with Crippen molar-refractivity contribution < 1.29 is 10.0 Å². The summed E-state index contributed by atoms with van der Waals surface area (Å²) in [6, 6.07) is -0.0928. The molecule has 1 amide bonds. The molecule has 6 nitrogen and oxygen atoms in total. The average molecular weight is 282 g/mol. The summed E-state index contributed by atoms with van der Waals surface area (Å²) in [5.41, 5.74) is 5.79. The van der Waals surface area contributed by atoms with Crippen LogP contribution >= 0.6 is 0 Å². The molecule has 20 heavy (non-hydrogen) atoms. The fourth-order valence-corrected chi connectivity index (χ4v) is 2.09. The summed E-state index contributed by atoms with van der Waals surface area (Å²) in [6.07, 6.45) is 7.91. The zero-order valence-corrected chi connectivity index (χ0v) is 12.6. The van der Waals surface area contributed by atoms with Gasteiger partial charge in [0, 0.05) is 19.3 Å². The Kier molecular flexibility index (Phi) is 6.51. The zero-order chi connectivity index (χ0) is 15.1. The number of hydrogen-bond acceptors (Lipinski definition) is 5. The molecular formula is C14H26N4O2. The summed E-state index contributed by atoms with van der Waals surface area (Å²) in [5, 5.41) is 16.3. The van der Waals surface area contributed by atoms with Crippen molar-refractivity contribution in [2.24, 2.45) is 16.8 Å². The first kappa shape index (κ1) is 16.5. The van der Waals surface area contributed by atoms with Gasteiger partial charge in [0.15, 0.2) is 0 Å². The molecule has 0 spiro atoms. The van der Waals surface area contributed by atoms with E-state index in [1.54, 1.807) is 13.3 Å². The van der Waals surface area contributed by atoms with E-state index < -0.39 is 5.91 Å². The van der Waals surface area contributed by atoms with Crippen LogP contribution in [0, 0.1) is 5.92 Å². The van der Waals surface area contributed by atoms with Crippen LogP contribution in [0.25, 0.3) is 0 Å². The molecule has 0 atom stereocenters. The van der Waals surface area contributed by atoms with Gasteiger partial charge < -0.3 is 5.73 Å². The Morgan fingerprint density at radius 1 is 1.35 bits per heavy atom. The van der Waals surface area contributed by atoms with Crippen LogP contribution in [0.3, 0.4) is 0 Å². The molecule has 0 aromatic carbocycles. The van der Waals surface area contributed by atoms with Gasteiger partial charge >= 0.3 is 0 Å². The summed E-state index contributed by atoms with van der Waals surface area (Å²) >= 11 is 0. The smallest absolute Gasteiger partial charge is 0.273 e. The lowest BCUT2D eigenvalue weighted by Crippen LogP contribution is -2.38. The molecule has 1 rings (SSSR count). The minimum atomic E-state index is -0.485. The van der Waals surface area contributed by atoms with E-state index in [1.807, 2.05) is 13.8 Å². The maximum atomic E-state index is 11.9. The number of rotatable bonds is 5. The highest BCUT2D eigenvalue weighted by molar-refractivity contribution is 5.87. The first-order chi connectivity index (χ1) is 9.41. The summed E-state index contributed by atoms with van der Waals surface area (Å²) < 4.78 is 0. The summed E-state index contributed by atoms with van der Waals surface area (Å²) in [7, 11) is 1.67. The maximum absolute atomic E-state index is 11.9. The van der Waals surface area contributed by atoms with Gasteiger partial charge in [0.25, 0.3) is 5.91 Å². The molecule has 0 aromatic heterocycles. The minimum absolute atomic E-state index is 0.0928. The lowest BCUT2D eigenvalue weighted by atomic mass is 9.95. The van der Waals surface area contributed by atoms with Crippen LogP contribution in [-0.4, -0.2) is 40.5 Å². The normalized spacial score (nSPS) is 17.8. The molecule has 0 heterocycles. The van der Waals surface area contributed by atoms with E-state index in [-0.39, 0.29) is 11.9 Å². The van der Waals surface area contributed by atoms with Crippen LogP contribution in [0.1, 0.15) is 46.0 Å². The van der Waals surface area contributed by atoms with Crippen LogP contribution in [-0.2, 0) is 4.79 Å². The number of carbonyl (C=O) groups excluding carboxylic acids is 1. The van der Waals surface area contributed by atoms with E-state index in [2.05, 4.69) is 5.10 Å². The Hall–Kier alpha value is -1.56. The Morgan fingerprint density at radius 2 is 1.95 bits per heavy atom. The molecule has 1 aliphatic carbocycles. The summed E-state index contributed by atoms with van der Waals surface area (Å²) in [6.45, 7) is 4.00. The Morgan fingerprint density at radius 3 is 2.50 bits per heavy atom. The van der Waals surface area contributed by atoms with Crippen molar-refractivity contribution in [1.29, 1.82) is 0 Å². The van der Waals surface area contributed by atoms with Gasteiger partial charge in [0.1, 0.15) is 5.82 Å². The third-order valence-electron chi connectivity index (χ3n) is 3.33. The Balaban J connectivity index is 2.59. The molecule has 6 heteroatoms. The molecule has 1 saturated carbocycles. The minimum Gasteiger partial charge on any atom is -0.384 e. The number of hydrazone groups is 1. The van der Waals surface area contributed by atoms with Crippen LogP contribution in [0.5, 0.6) is 0 Å². The third-order valence-corrected chi connectivity index (χ3v) is 3.33. The predicted octanol–water partition coefficient (Wildman–Crippen LogP) is 1.91. The molecule has 3 N–H and O–H groups in total. The van der Waals surface area contributed by atoms with E-state index in [9.17, 15) is 10.0 Å². The molecule has 0 saturated heterocycles. The van der Waals surface area contributed by atoms with Crippen molar-refractivity contribution in [3.63, 3.8) is 0 Å². The van der Waals surface area contributed by atoms with Crippen LogP contribution in [0.2, 0.25) is 0 Å². The van der Waals surface area contributed by atoms with Crippen molar-refractivity contribution >= 4 is 12.1 Å². The second-order valence-corrected chi connectivity index (χ2v) is 5.58. The fraction of sp³-hybridized carbons (Fsp3) is 0.714. The van der Waals surface area contributed by atoms with E-state index in [1.165, 1.54) is 17.5 Å². The van der Waals surface area contributed by atoms with Crippen molar-refractivity contribution in [2.75, 3.05) is 7.05 Å². The monoisotopic (exact) mass is 282 g/mol. The van der Waals surface area contributed by atoms with Gasteiger partial charge in [-0.1, -0.05) is 33.1 Å². The largest absolute Gasteiger partial charge is 0.384 e. The number of hydroxylamine groups is 2. The van der Waals surface area contributed by atoms with Gasteiger partial charge in [-0.3, -0.25) is 15.0 Å². The number of hydrogen-bond donors (Lipinski definition) is 2. The summed E-state index contributed by atoms with van der Waals surface area (Å²) in [4.78, 5) is 11.9. The molecular weight excluding hydrogens is 256 g/mol. The van der Waals surface area contributed by atoms with Crippen molar-refractivity contribution in [1.82, 2.24) is 10.1 Å². The van der Waals surface area contributed by atoms with Gasteiger partial charge in [-0.25, -0.2) is 5.06 Å². The van der Waals surface area contributed by atoms with Crippen molar-refractivity contribution in [3.05, 3.63) is 11.9 Å². The van der Waals surface area contributed by atoms with Gasteiger partial charge in [0.2, 0.25) is 0 Å². The molecule has 114 valence electrons. The molecule has 0 aromatic rings. The number of nitrogens with zero attached hydrogens (tertiary/aromatic N) is 3. The van der Waals surface area contributed by atoms with Crippen LogP contribution < -0.4 is 5.73 Å². The summed E-state index contributed by atoms with van der Waals surface area (Å²) in [5.74, 6) is 0.0280. The van der Waals surface area contributed by atoms with Crippen molar-refractivity contribution in [2.45, 2.75) is 52.0 Å². The van der Waals surface area contributed by atoms with Gasteiger partial charge in [-0.15, -0.1) is 0 Å². The van der Waals surface area contributed by atoms with Gasteiger partial charge in [0.05, 0.1) is 6.04 Å². The Bertz CT molecular complexity index is 373. The SMILES string of the molecule is CC(C)/C=N/N(C)/C(N)=C/C(=O)N(O)C1CCCCC1. The quantitative estimate of drug-likeness (QED) is 0.349. The third kappa shape index (κ3) is 5.21. The second-order valence-electron chi connectivity index (χ2n) is 5.58. The number of nitrogens with two attached hydrogens (primary N) is 1. The molecule has 0 bridgehead atoms. The first-order valence-electron chi connectivity index (χ1n) is 7.19. The van der Waals surface area contributed by atoms with E-state index in [0.29, 0.717) is 5.92 Å². The standard InChI is InChI=1S/C14H26N4O2/c1-11(2)10-16-17(3)13(15)9-14(19)18(20)12-7-5-4-6-8-12/h9-12,20H,4-8,15H2,1-3H3/b13-9+,16-10+. The van der Waals surface area contributed by atoms with E-state index in [4.69, 9.17) is 5.73 Å². The Labute approximate surface area is 120 Å². The second kappa shape index (κ2) is 7.89. The lowest BCUT2D eigenvalue weighted by molar-refractivity contribution is -0.172. The highest BCUT2D eigenvalue weighted by Crippen LogP contribution is 2.21. The molecule has 0 unspecified atom stereocenters. The highest BCUT2D eigenvalue weighted by atomic mass is 16.5. The molecule has 1 aliphatic rings. The van der Waals surface area contributed by atoms with E-state index >= 15 is 0 Å². The lowest BCUT2D eigenvalue weighted by Gasteiger charge is -2.28. The fourth-order valence-electron chi connectivity index (χ4n) is 2.09.